The van der Waals surface area contributed by atoms with Gasteiger partial charge in [-0.3, -0.25) is 4.79 Å². The number of ether oxygens (including phenoxy) is 1. The van der Waals surface area contributed by atoms with Crippen molar-refractivity contribution in [3.05, 3.63) is 0 Å². The van der Waals surface area contributed by atoms with Gasteiger partial charge in [0.2, 0.25) is 0 Å². The van der Waals surface area contributed by atoms with Gasteiger partial charge in [-0.1, -0.05) is 5.16 Å². The molecule has 1 saturated carbocycles. The SMILES string of the molecule is CCOC(=O)C1CCC(O)(CON=C(C)C)CC1. The molecule has 0 atom stereocenters. The van der Waals surface area contributed by atoms with Crippen molar-refractivity contribution in [3.63, 3.8) is 0 Å². The van der Waals surface area contributed by atoms with Gasteiger partial charge in [0.1, 0.15) is 12.2 Å². The lowest BCUT2D eigenvalue weighted by atomic mass is 9.79. The second kappa shape index (κ2) is 6.73. The molecular formula is C13H23NO4. The number of aliphatic hydroxyl groups is 1. The van der Waals surface area contributed by atoms with Crippen LogP contribution in [0, 0.1) is 5.92 Å². The van der Waals surface area contributed by atoms with Gasteiger partial charge in [-0.15, -0.1) is 0 Å². The quantitative estimate of drug-likeness (QED) is 0.464. The summed E-state index contributed by atoms with van der Waals surface area (Å²) in [5.74, 6) is -0.232. The van der Waals surface area contributed by atoms with Crippen molar-refractivity contribution in [1.29, 1.82) is 0 Å². The zero-order chi connectivity index (χ0) is 13.6. The zero-order valence-corrected chi connectivity index (χ0v) is 11.4. The van der Waals surface area contributed by atoms with Gasteiger partial charge in [-0.05, 0) is 46.5 Å². The number of hydrogen-bond acceptors (Lipinski definition) is 5. The highest BCUT2D eigenvalue weighted by atomic mass is 16.6. The van der Waals surface area contributed by atoms with E-state index in [0.717, 1.165) is 5.71 Å². The molecule has 1 aliphatic rings. The summed E-state index contributed by atoms with van der Waals surface area (Å²) in [5, 5.41) is 14.1. The lowest BCUT2D eigenvalue weighted by Gasteiger charge is -2.33. The summed E-state index contributed by atoms with van der Waals surface area (Å²) in [6.07, 6.45) is 2.39. The maximum atomic E-state index is 11.6. The second-order valence-corrected chi connectivity index (χ2v) is 5.06. The number of carbonyl (C=O) groups excluding carboxylic acids is 1. The van der Waals surface area contributed by atoms with E-state index in [1.54, 1.807) is 6.92 Å². The van der Waals surface area contributed by atoms with Crippen LogP contribution in [0.5, 0.6) is 0 Å². The molecule has 0 radical (unpaired) electrons. The van der Waals surface area contributed by atoms with Crippen LogP contribution >= 0.6 is 0 Å². The smallest absolute Gasteiger partial charge is 0.308 e. The predicted octanol–water partition coefficient (Wildman–Crippen LogP) is 1.88. The van der Waals surface area contributed by atoms with E-state index in [2.05, 4.69) is 5.16 Å². The Morgan fingerprint density at radius 2 is 2.00 bits per heavy atom. The molecule has 1 N–H and O–H groups in total. The number of hydrogen-bond donors (Lipinski definition) is 1. The van der Waals surface area contributed by atoms with E-state index >= 15 is 0 Å². The molecule has 104 valence electrons. The van der Waals surface area contributed by atoms with Gasteiger partial charge in [0, 0.05) is 0 Å². The van der Waals surface area contributed by atoms with Crippen LogP contribution in [0.25, 0.3) is 0 Å². The highest BCUT2D eigenvalue weighted by Gasteiger charge is 2.37. The van der Waals surface area contributed by atoms with Crippen molar-refractivity contribution in [2.24, 2.45) is 11.1 Å². The van der Waals surface area contributed by atoms with Crippen molar-refractivity contribution < 1.29 is 19.5 Å². The first kappa shape index (κ1) is 15.0. The average molecular weight is 257 g/mol. The normalized spacial score (nSPS) is 27.4. The van der Waals surface area contributed by atoms with Crippen LogP contribution in [0.1, 0.15) is 46.5 Å². The lowest BCUT2D eigenvalue weighted by molar-refractivity contribution is -0.152. The fraction of sp³-hybridized carbons (Fsp3) is 0.846. The molecule has 1 aliphatic carbocycles. The topological polar surface area (TPSA) is 68.1 Å². The van der Waals surface area contributed by atoms with Crippen molar-refractivity contribution in [2.45, 2.75) is 52.1 Å². The third-order valence-electron chi connectivity index (χ3n) is 3.12. The predicted molar refractivity (Wildman–Crippen MR) is 68.3 cm³/mol. The first-order chi connectivity index (χ1) is 8.47. The molecule has 0 aromatic carbocycles. The van der Waals surface area contributed by atoms with Crippen LogP contribution in [0.2, 0.25) is 0 Å². The number of rotatable bonds is 5. The second-order valence-electron chi connectivity index (χ2n) is 5.06. The van der Waals surface area contributed by atoms with Crippen LogP contribution in [-0.2, 0) is 14.4 Å². The molecule has 0 aromatic rings. The number of carbonyl (C=O) groups is 1. The monoisotopic (exact) mass is 257 g/mol. The minimum Gasteiger partial charge on any atom is -0.466 e. The van der Waals surface area contributed by atoms with E-state index in [4.69, 9.17) is 9.57 Å². The van der Waals surface area contributed by atoms with Crippen molar-refractivity contribution in [2.75, 3.05) is 13.2 Å². The molecule has 0 amide bonds. The number of oxime groups is 1. The molecule has 0 heterocycles. The Balaban J connectivity index is 2.37. The standard InChI is InChI=1S/C13H23NO4/c1-4-17-12(15)11-5-7-13(16,8-6-11)9-18-14-10(2)3/h11,16H,4-9H2,1-3H3. The van der Waals surface area contributed by atoms with Gasteiger partial charge in [0.15, 0.2) is 0 Å². The maximum Gasteiger partial charge on any atom is 0.308 e. The molecule has 0 aromatic heterocycles. The molecule has 0 aliphatic heterocycles. The maximum absolute atomic E-state index is 11.6. The van der Waals surface area contributed by atoms with Crippen molar-refractivity contribution in [1.82, 2.24) is 0 Å². The van der Waals surface area contributed by atoms with E-state index < -0.39 is 5.60 Å². The molecule has 1 rings (SSSR count). The summed E-state index contributed by atoms with van der Waals surface area (Å²) in [5.41, 5.74) is -0.0408. The molecule has 0 unspecified atom stereocenters. The molecule has 0 spiro atoms. The van der Waals surface area contributed by atoms with Gasteiger partial charge in [0.05, 0.1) is 18.2 Å². The van der Waals surface area contributed by atoms with E-state index in [0.29, 0.717) is 32.3 Å². The Kier molecular flexibility index (Phi) is 5.59. The van der Waals surface area contributed by atoms with Crippen molar-refractivity contribution in [3.8, 4) is 0 Å². The van der Waals surface area contributed by atoms with Gasteiger partial charge in [0.25, 0.3) is 0 Å². The Hall–Kier alpha value is -1.10. The zero-order valence-electron chi connectivity index (χ0n) is 11.4. The highest BCUT2D eigenvalue weighted by molar-refractivity contribution is 5.78. The Bertz CT molecular complexity index is 302. The molecule has 1 fully saturated rings. The first-order valence-corrected chi connectivity index (χ1v) is 6.49. The number of nitrogens with zero attached hydrogens (tertiary/aromatic N) is 1. The summed E-state index contributed by atoms with van der Waals surface area (Å²) in [7, 11) is 0. The molecule has 5 nitrogen and oxygen atoms in total. The van der Waals surface area contributed by atoms with E-state index in [-0.39, 0.29) is 18.5 Å². The van der Waals surface area contributed by atoms with E-state index in [9.17, 15) is 9.90 Å². The summed E-state index contributed by atoms with van der Waals surface area (Å²) in [6.45, 7) is 6.07. The molecular weight excluding hydrogens is 234 g/mol. The first-order valence-electron chi connectivity index (χ1n) is 6.49. The van der Waals surface area contributed by atoms with Crippen LogP contribution < -0.4 is 0 Å². The fourth-order valence-electron chi connectivity index (χ4n) is 2.08. The van der Waals surface area contributed by atoms with Gasteiger partial charge < -0.3 is 14.7 Å². The third kappa shape index (κ3) is 4.64. The third-order valence-corrected chi connectivity index (χ3v) is 3.12. The van der Waals surface area contributed by atoms with Gasteiger partial charge >= 0.3 is 5.97 Å². The molecule has 5 heteroatoms. The summed E-state index contributed by atoms with van der Waals surface area (Å²) in [4.78, 5) is 16.7. The lowest BCUT2D eigenvalue weighted by Crippen LogP contribution is -2.40. The van der Waals surface area contributed by atoms with Gasteiger partial charge in [-0.2, -0.15) is 0 Å². The minimum absolute atomic E-state index is 0.0818. The van der Waals surface area contributed by atoms with Crippen molar-refractivity contribution >= 4 is 11.7 Å². The van der Waals surface area contributed by atoms with E-state index in [1.165, 1.54) is 0 Å². The highest BCUT2D eigenvalue weighted by Crippen LogP contribution is 2.33. The van der Waals surface area contributed by atoms with Crippen LogP contribution in [-0.4, -0.2) is 35.6 Å². The number of esters is 1. The Labute approximate surface area is 108 Å². The molecule has 0 bridgehead atoms. The van der Waals surface area contributed by atoms with Crippen LogP contribution in [0.15, 0.2) is 5.16 Å². The van der Waals surface area contributed by atoms with Gasteiger partial charge in [-0.25, -0.2) is 0 Å². The largest absolute Gasteiger partial charge is 0.466 e. The Morgan fingerprint density at radius 1 is 1.39 bits per heavy atom. The van der Waals surface area contributed by atoms with E-state index in [1.807, 2.05) is 13.8 Å². The fourth-order valence-corrected chi connectivity index (χ4v) is 2.08. The van der Waals surface area contributed by atoms with Crippen LogP contribution in [0.3, 0.4) is 0 Å². The molecule has 0 saturated heterocycles. The summed E-state index contributed by atoms with van der Waals surface area (Å²) < 4.78 is 4.99. The summed E-state index contributed by atoms with van der Waals surface area (Å²) in [6, 6.07) is 0. The van der Waals surface area contributed by atoms with Crippen LogP contribution in [0.4, 0.5) is 0 Å². The minimum atomic E-state index is -0.859. The Morgan fingerprint density at radius 3 is 2.50 bits per heavy atom. The summed E-state index contributed by atoms with van der Waals surface area (Å²) >= 11 is 0. The average Bonchev–Trinajstić information content (AvgIpc) is 2.29. The molecule has 18 heavy (non-hydrogen) atoms.